The Kier molecular flexibility index (Phi) is 8.35. The summed E-state index contributed by atoms with van der Waals surface area (Å²) in [6.07, 6.45) is 8.97. The van der Waals surface area contributed by atoms with Gasteiger partial charge in [0.25, 0.3) is 5.91 Å². The van der Waals surface area contributed by atoms with Gasteiger partial charge in [-0.2, -0.15) is 0 Å². The van der Waals surface area contributed by atoms with E-state index >= 15 is 0 Å². The Hall–Kier alpha value is -1.39. The highest BCUT2D eigenvalue weighted by molar-refractivity contribution is 5.94. The van der Waals surface area contributed by atoms with Gasteiger partial charge in [0, 0.05) is 37.8 Å². The van der Waals surface area contributed by atoms with Crippen LogP contribution in [0.3, 0.4) is 0 Å². The third-order valence-electron chi connectivity index (χ3n) is 6.49. The quantitative estimate of drug-likeness (QED) is 0.678. The molecule has 4 nitrogen and oxygen atoms in total. The van der Waals surface area contributed by atoms with Crippen molar-refractivity contribution in [2.24, 2.45) is 5.92 Å². The third-order valence-corrected chi connectivity index (χ3v) is 6.49. The fourth-order valence-corrected chi connectivity index (χ4v) is 4.85. The highest BCUT2D eigenvalue weighted by Gasteiger charge is 2.20. The minimum Gasteiger partial charge on any atom is -0.352 e. The summed E-state index contributed by atoms with van der Waals surface area (Å²) in [5.74, 6) is 0.861. The lowest BCUT2D eigenvalue weighted by Gasteiger charge is -2.35. The lowest BCUT2D eigenvalue weighted by atomic mass is 9.99. The second-order valence-electron chi connectivity index (χ2n) is 8.88. The monoisotopic (exact) mass is 385 g/mol. The molecule has 2 atom stereocenters. The lowest BCUT2D eigenvalue weighted by molar-refractivity contribution is 0.0947. The Morgan fingerprint density at radius 1 is 1.11 bits per heavy atom. The van der Waals surface area contributed by atoms with Gasteiger partial charge in [0.05, 0.1) is 0 Å². The van der Waals surface area contributed by atoms with Crippen molar-refractivity contribution >= 4 is 5.91 Å². The number of carbonyl (C=O) groups excluding carboxylic acids is 1. The van der Waals surface area contributed by atoms with Gasteiger partial charge in [-0.05, 0) is 75.2 Å². The van der Waals surface area contributed by atoms with Gasteiger partial charge in [-0.1, -0.05) is 32.4 Å². The van der Waals surface area contributed by atoms with Gasteiger partial charge < -0.3 is 10.2 Å². The average Bonchev–Trinajstić information content (AvgIpc) is 2.72. The second-order valence-corrected chi connectivity index (χ2v) is 8.88. The molecule has 1 amide bonds. The second kappa shape index (κ2) is 11.0. The smallest absolute Gasteiger partial charge is 0.251 e. The molecule has 1 N–H and O–H groups in total. The number of piperidine rings is 2. The van der Waals surface area contributed by atoms with Crippen LogP contribution in [0.4, 0.5) is 0 Å². The Labute approximate surface area is 171 Å². The molecule has 156 valence electrons. The van der Waals surface area contributed by atoms with Gasteiger partial charge in [0.2, 0.25) is 0 Å². The Bertz CT molecular complexity index is 600. The van der Waals surface area contributed by atoms with E-state index in [9.17, 15) is 4.79 Å². The Balaban J connectivity index is 1.38. The van der Waals surface area contributed by atoms with E-state index in [-0.39, 0.29) is 5.91 Å². The molecule has 1 aromatic carbocycles. The highest BCUT2D eigenvalue weighted by atomic mass is 16.1. The first-order chi connectivity index (χ1) is 13.7. The molecule has 3 rings (SSSR count). The van der Waals surface area contributed by atoms with Crippen molar-refractivity contribution < 1.29 is 4.79 Å². The molecule has 0 unspecified atom stereocenters. The van der Waals surface area contributed by atoms with Crippen LogP contribution < -0.4 is 5.32 Å². The minimum atomic E-state index is 0.0591. The van der Waals surface area contributed by atoms with Crippen LogP contribution in [0.2, 0.25) is 0 Å². The predicted molar refractivity (Wildman–Crippen MR) is 117 cm³/mol. The number of likely N-dealkylation sites (tertiary alicyclic amines) is 2. The van der Waals surface area contributed by atoms with Crippen LogP contribution in [0, 0.1) is 5.92 Å². The van der Waals surface area contributed by atoms with E-state index in [1.165, 1.54) is 63.7 Å². The van der Waals surface area contributed by atoms with Gasteiger partial charge >= 0.3 is 0 Å². The molecular weight excluding hydrogens is 346 g/mol. The standard InChI is InChI=1S/C24H39N3O/c1-3-23-9-4-5-16-27(23)17-7-14-25-24(28)22-12-10-21(11-13-22)19-26-15-6-8-20(2)18-26/h10-13,20,23H,3-9,14-19H2,1-2H3,(H,25,28)/t20-,23-/m1/s1. The number of amides is 1. The van der Waals surface area contributed by atoms with E-state index < -0.39 is 0 Å². The average molecular weight is 386 g/mol. The molecule has 2 aliphatic heterocycles. The molecule has 28 heavy (non-hydrogen) atoms. The lowest BCUT2D eigenvalue weighted by Crippen LogP contribution is -2.40. The van der Waals surface area contributed by atoms with Crippen LogP contribution in [0.1, 0.15) is 74.7 Å². The number of hydrogen-bond donors (Lipinski definition) is 1. The van der Waals surface area contributed by atoms with Crippen molar-refractivity contribution in [3.63, 3.8) is 0 Å². The van der Waals surface area contributed by atoms with Crippen molar-refractivity contribution in [2.45, 2.75) is 71.4 Å². The van der Waals surface area contributed by atoms with Crippen LogP contribution in [-0.2, 0) is 6.54 Å². The van der Waals surface area contributed by atoms with E-state index in [2.05, 4.69) is 41.1 Å². The van der Waals surface area contributed by atoms with Gasteiger partial charge in [-0.3, -0.25) is 9.69 Å². The summed E-state index contributed by atoms with van der Waals surface area (Å²) in [6.45, 7) is 11.1. The highest BCUT2D eigenvalue weighted by Crippen LogP contribution is 2.20. The summed E-state index contributed by atoms with van der Waals surface area (Å²) in [7, 11) is 0. The zero-order valence-electron chi connectivity index (χ0n) is 18.0. The first-order valence-electron chi connectivity index (χ1n) is 11.5. The topological polar surface area (TPSA) is 35.6 Å². The van der Waals surface area contributed by atoms with Crippen LogP contribution in [0.15, 0.2) is 24.3 Å². The number of carbonyl (C=O) groups is 1. The van der Waals surface area contributed by atoms with E-state index in [4.69, 9.17) is 0 Å². The molecule has 0 radical (unpaired) electrons. The van der Waals surface area contributed by atoms with Crippen molar-refractivity contribution in [3.8, 4) is 0 Å². The Morgan fingerprint density at radius 2 is 1.93 bits per heavy atom. The Morgan fingerprint density at radius 3 is 2.68 bits per heavy atom. The minimum absolute atomic E-state index is 0.0591. The molecule has 2 fully saturated rings. The van der Waals surface area contributed by atoms with Crippen LogP contribution in [0.5, 0.6) is 0 Å². The SMILES string of the molecule is CC[C@@H]1CCCCN1CCCNC(=O)c1ccc(CN2CCC[C@@H](C)C2)cc1. The molecule has 1 aromatic rings. The molecule has 2 saturated heterocycles. The largest absolute Gasteiger partial charge is 0.352 e. The molecule has 2 heterocycles. The number of nitrogens with one attached hydrogen (secondary N) is 1. The summed E-state index contributed by atoms with van der Waals surface area (Å²) in [6, 6.07) is 8.95. The van der Waals surface area contributed by atoms with Gasteiger partial charge in [0.15, 0.2) is 0 Å². The molecule has 0 spiro atoms. The number of nitrogens with zero attached hydrogens (tertiary/aromatic N) is 2. The van der Waals surface area contributed by atoms with E-state index in [0.29, 0.717) is 0 Å². The van der Waals surface area contributed by atoms with Crippen LogP contribution in [-0.4, -0.2) is 54.5 Å². The molecular formula is C24H39N3O. The molecule has 0 aliphatic carbocycles. The molecule has 2 aliphatic rings. The number of benzene rings is 1. The van der Waals surface area contributed by atoms with Gasteiger partial charge in [-0.25, -0.2) is 0 Å². The van der Waals surface area contributed by atoms with Gasteiger partial charge in [-0.15, -0.1) is 0 Å². The summed E-state index contributed by atoms with van der Waals surface area (Å²) in [5, 5.41) is 3.10. The molecule has 4 heteroatoms. The van der Waals surface area contributed by atoms with Crippen molar-refractivity contribution in [1.82, 2.24) is 15.1 Å². The van der Waals surface area contributed by atoms with Gasteiger partial charge in [0.1, 0.15) is 0 Å². The van der Waals surface area contributed by atoms with Crippen LogP contribution in [0.25, 0.3) is 0 Å². The summed E-state index contributed by atoms with van der Waals surface area (Å²) >= 11 is 0. The van der Waals surface area contributed by atoms with Crippen molar-refractivity contribution in [1.29, 1.82) is 0 Å². The number of hydrogen-bond acceptors (Lipinski definition) is 3. The first-order valence-corrected chi connectivity index (χ1v) is 11.5. The van der Waals surface area contributed by atoms with E-state index in [1.807, 2.05) is 12.1 Å². The van der Waals surface area contributed by atoms with E-state index in [1.54, 1.807) is 0 Å². The molecule has 0 bridgehead atoms. The summed E-state index contributed by atoms with van der Waals surface area (Å²) in [4.78, 5) is 17.6. The predicted octanol–water partition coefficient (Wildman–Crippen LogP) is 4.30. The summed E-state index contributed by atoms with van der Waals surface area (Å²) < 4.78 is 0. The zero-order valence-corrected chi connectivity index (χ0v) is 18.0. The third kappa shape index (κ3) is 6.31. The van der Waals surface area contributed by atoms with Crippen LogP contribution >= 0.6 is 0 Å². The van der Waals surface area contributed by atoms with E-state index in [0.717, 1.165) is 43.6 Å². The van der Waals surface area contributed by atoms with Crippen molar-refractivity contribution in [2.75, 3.05) is 32.7 Å². The zero-order chi connectivity index (χ0) is 19.8. The number of rotatable bonds is 8. The first kappa shape index (κ1) is 21.3. The fraction of sp³-hybridized carbons (Fsp3) is 0.708. The fourth-order valence-electron chi connectivity index (χ4n) is 4.85. The maximum atomic E-state index is 12.4. The summed E-state index contributed by atoms with van der Waals surface area (Å²) in [5.41, 5.74) is 2.08. The maximum absolute atomic E-state index is 12.4. The molecule has 0 saturated carbocycles. The normalized spacial score (nSPS) is 24.2. The molecule has 0 aromatic heterocycles. The van der Waals surface area contributed by atoms with Crippen molar-refractivity contribution in [3.05, 3.63) is 35.4 Å². The maximum Gasteiger partial charge on any atom is 0.251 e.